The number of aromatic nitrogens is 1. The number of nitrogen functional groups attached to an aromatic ring is 1. The molecule has 1 aromatic heterocycles. The van der Waals surface area contributed by atoms with E-state index in [0.29, 0.717) is 0 Å². The lowest BCUT2D eigenvalue weighted by atomic mass is 9.94. The van der Waals surface area contributed by atoms with Crippen molar-refractivity contribution in [1.82, 2.24) is 4.98 Å². The van der Waals surface area contributed by atoms with Gasteiger partial charge in [0.1, 0.15) is 11.7 Å². The molecule has 1 aliphatic rings. The van der Waals surface area contributed by atoms with Crippen LogP contribution in [0.4, 0.5) is 5.82 Å². The van der Waals surface area contributed by atoms with E-state index in [0.717, 1.165) is 36.0 Å². The van der Waals surface area contributed by atoms with Crippen LogP contribution in [0.1, 0.15) is 37.3 Å². The molecule has 0 bridgehead atoms. The number of nitrogens with one attached hydrogen (secondary N) is 1. The number of hydrogen-bond donors (Lipinski definition) is 2. The van der Waals surface area contributed by atoms with Gasteiger partial charge in [-0.3, -0.25) is 5.41 Å². The maximum Gasteiger partial charge on any atom is 0.139 e. The minimum Gasteiger partial charge on any atom is -0.384 e. The van der Waals surface area contributed by atoms with Crippen molar-refractivity contribution in [1.29, 1.82) is 5.41 Å². The number of nitrogens with two attached hydrogens (primary N) is 1. The molecule has 1 saturated heterocycles. The predicted octanol–water partition coefficient (Wildman–Crippen LogP) is 2.30. The Balaban J connectivity index is 2.24. The molecule has 1 aliphatic heterocycles. The Morgan fingerprint density at radius 2 is 2.17 bits per heavy atom. The number of rotatable bonds is 3. The lowest BCUT2D eigenvalue weighted by Gasteiger charge is -2.33. The number of piperidine rings is 1. The van der Waals surface area contributed by atoms with E-state index in [9.17, 15) is 0 Å². The number of amidine groups is 1. The average molecular weight is 246 g/mol. The smallest absolute Gasteiger partial charge is 0.139 e. The van der Waals surface area contributed by atoms with Crippen molar-refractivity contribution >= 4 is 11.7 Å². The lowest BCUT2D eigenvalue weighted by Crippen LogP contribution is -2.35. The van der Waals surface area contributed by atoms with Gasteiger partial charge in [0.05, 0.1) is 5.56 Å². The molecule has 0 unspecified atom stereocenters. The third-order valence-electron chi connectivity index (χ3n) is 3.90. The Labute approximate surface area is 109 Å². The van der Waals surface area contributed by atoms with Gasteiger partial charge in [0, 0.05) is 19.3 Å². The van der Waals surface area contributed by atoms with Gasteiger partial charge in [0.15, 0.2) is 0 Å². The molecule has 2 rings (SSSR count). The SMILES string of the molecule is CCC1CCN(c2nccc(C)c2C(=N)N)CC1. The zero-order valence-corrected chi connectivity index (χ0v) is 11.2. The Hall–Kier alpha value is -1.58. The Morgan fingerprint density at radius 3 is 2.72 bits per heavy atom. The molecule has 4 heteroatoms. The molecular formula is C14H22N4. The van der Waals surface area contributed by atoms with Gasteiger partial charge in [0.25, 0.3) is 0 Å². The fraction of sp³-hybridized carbons (Fsp3) is 0.571. The summed E-state index contributed by atoms with van der Waals surface area (Å²) in [5.74, 6) is 1.84. The number of anilines is 1. The summed E-state index contributed by atoms with van der Waals surface area (Å²) >= 11 is 0. The highest BCUT2D eigenvalue weighted by atomic mass is 15.2. The summed E-state index contributed by atoms with van der Waals surface area (Å²) in [6.45, 7) is 6.29. The van der Waals surface area contributed by atoms with Gasteiger partial charge >= 0.3 is 0 Å². The average Bonchev–Trinajstić information content (AvgIpc) is 2.38. The normalized spacial score (nSPS) is 16.9. The van der Waals surface area contributed by atoms with Crippen molar-refractivity contribution in [2.24, 2.45) is 11.7 Å². The molecule has 4 nitrogen and oxygen atoms in total. The molecule has 0 radical (unpaired) electrons. The lowest BCUT2D eigenvalue weighted by molar-refractivity contribution is 0.393. The van der Waals surface area contributed by atoms with Gasteiger partial charge in [-0.2, -0.15) is 0 Å². The van der Waals surface area contributed by atoms with E-state index in [4.69, 9.17) is 11.1 Å². The molecule has 98 valence electrons. The van der Waals surface area contributed by atoms with Crippen LogP contribution in [0.15, 0.2) is 12.3 Å². The van der Waals surface area contributed by atoms with Crippen molar-refractivity contribution in [3.05, 3.63) is 23.4 Å². The molecule has 0 aromatic carbocycles. The topological polar surface area (TPSA) is 66.0 Å². The van der Waals surface area contributed by atoms with Crippen LogP contribution in [0.2, 0.25) is 0 Å². The largest absolute Gasteiger partial charge is 0.384 e. The Morgan fingerprint density at radius 1 is 1.50 bits per heavy atom. The molecule has 0 spiro atoms. The van der Waals surface area contributed by atoms with Crippen molar-refractivity contribution in [3.63, 3.8) is 0 Å². The number of hydrogen-bond acceptors (Lipinski definition) is 3. The van der Waals surface area contributed by atoms with Crippen molar-refractivity contribution in [2.75, 3.05) is 18.0 Å². The molecule has 1 aromatic rings. The second-order valence-corrected chi connectivity index (χ2v) is 5.08. The summed E-state index contributed by atoms with van der Waals surface area (Å²) in [5, 5.41) is 7.72. The predicted molar refractivity (Wildman–Crippen MR) is 75.2 cm³/mol. The standard InChI is InChI=1S/C14H22N4/c1-3-11-5-8-18(9-6-11)14-12(13(15)16)10(2)4-7-17-14/h4,7,11H,3,5-6,8-9H2,1-2H3,(H3,15,16). The summed E-state index contributed by atoms with van der Waals surface area (Å²) in [4.78, 5) is 6.71. The number of aryl methyl sites for hydroxylation is 1. The monoisotopic (exact) mass is 246 g/mol. The molecule has 0 saturated carbocycles. The van der Waals surface area contributed by atoms with Gasteiger partial charge in [-0.05, 0) is 37.3 Å². The van der Waals surface area contributed by atoms with Crippen LogP contribution < -0.4 is 10.6 Å². The Bertz CT molecular complexity index is 433. The van der Waals surface area contributed by atoms with Gasteiger partial charge in [0.2, 0.25) is 0 Å². The van der Waals surface area contributed by atoms with E-state index in [-0.39, 0.29) is 5.84 Å². The molecular weight excluding hydrogens is 224 g/mol. The fourth-order valence-electron chi connectivity index (χ4n) is 2.67. The summed E-state index contributed by atoms with van der Waals surface area (Å²) in [5.41, 5.74) is 7.52. The van der Waals surface area contributed by atoms with Crippen molar-refractivity contribution in [2.45, 2.75) is 33.1 Å². The van der Waals surface area contributed by atoms with E-state index in [1.54, 1.807) is 0 Å². The second-order valence-electron chi connectivity index (χ2n) is 5.08. The summed E-state index contributed by atoms with van der Waals surface area (Å²) in [6, 6.07) is 1.92. The molecule has 0 amide bonds. The minimum atomic E-state index is 0.119. The first-order valence-electron chi connectivity index (χ1n) is 6.68. The van der Waals surface area contributed by atoms with Crippen LogP contribution >= 0.6 is 0 Å². The van der Waals surface area contributed by atoms with E-state index in [2.05, 4.69) is 16.8 Å². The van der Waals surface area contributed by atoms with E-state index in [1.807, 2.05) is 19.2 Å². The fourth-order valence-corrected chi connectivity index (χ4v) is 2.67. The third-order valence-corrected chi connectivity index (χ3v) is 3.90. The molecule has 3 N–H and O–H groups in total. The van der Waals surface area contributed by atoms with Crippen LogP contribution in [0.3, 0.4) is 0 Å². The third kappa shape index (κ3) is 2.47. The number of nitrogens with zero attached hydrogens (tertiary/aromatic N) is 2. The van der Waals surface area contributed by atoms with Crippen LogP contribution in [0.5, 0.6) is 0 Å². The van der Waals surface area contributed by atoms with Crippen LogP contribution in [0.25, 0.3) is 0 Å². The summed E-state index contributed by atoms with van der Waals surface area (Å²) < 4.78 is 0. The highest BCUT2D eigenvalue weighted by Gasteiger charge is 2.22. The maximum atomic E-state index is 7.72. The van der Waals surface area contributed by atoms with Gasteiger partial charge in [-0.1, -0.05) is 13.3 Å². The zero-order chi connectivity index (χ0) is 13.1. The van der Waals surface area contributed by atoms with Gasteiger partial charge in [-0.15, -0.1) is 0 Å². The van der Waals surface area contributed by atoms with Crippen LogP contribution in [-0.2, 0) is 0 Å². The molecule has 18 heavy (non-hydrogen) atoms. The van der Waals surface area contributed by atoms with Gasteiger partial charge < -0.3 is 10.6 Å². The zero-order valence-electron chi connectivity index (χ0n) is 11.2. The first-order valence-corrected chi connectivity index (χ1v) is 6.68. The van der Waals surface area contributed by atoms with Crippen LogP contribution in [0, 0.1) is 18.3 Å². The molecule has 0 atom stereocenters. The summed E-state index contributed by atoms with van der Waals surface area (Å²) in [7, 11) is 0. The first-order chi connectivity index (χ1) is 8.63. The van der Waals surface area contributed by atoms with Crippen molar-refractivity contribution in [3.8, 4) is 0 Å². The van der Waals surface area contributed by atoms with Crippen LogP contribution in [-0.4, -0.2) is 23.9 Å². The maximum absolute atomic E-state index is 7.72. The number of pyridine rings is 1. The van der Waals surface area contributed by atoms with Gasteiger partial charge in [-0.25, -0.2) is 4.98 Å². The summed E-state index contributed by atoms with van der Waals surface area (Å²) in [6.07, 6.45) is 5.49. The molecule has 0 aliphatic carbocycles. The van der Waals surface area contributed by atoms with E-state index in [1.165, 1.54) is 19.3 Å². The second kappa shape index (κ2) is 5.38. The van der Waals surface area contributed by atoms with E-state index < -0.39 is 0 Å². The van der Waals surface area contributed by atoms with Crippen molar-refractivity contribution < 1.29 is 0 Å². The highest BCUT2D eigenvalue weighted by molar-refractivity contribution is 6.01. The Kier molecular flexibility index (Phi) is 3.84. The minimum absolute atomic E-state index is 0.119. The first kappa shape index (κ1) is 12.9. The highest BCUT2D eigenvalue weighted by Crippen LogP contribution is 2.27. The molecule has 2 heterocycles. The quantitative estimate of drug-likeness (QED) is 0.635. The van der Waals surface area contributed by atoms with E-state index >= 15 is 0 Å². The molecule has 1 fully saturated rings.